The van der Waals surface area contributed by atoms with Crippen molar-refractivity contribution in [3.8, 4) is 0 Å². The molecule has 0 aliphatic heterocycles. The number of ketones is 2. The first kappa shape index (κ1) is 22.8. The molecule has 0 fully saturated rings. The first-order chi connectivity index (χ1) is 3.46. The molecule has 5 N–H and O–H groups in total. The summed E-state index contributed by atoms with van der Waals surface area (Å²) in [6.45, 7) is 6.11. The number of hydrogen-bond donors (Lipinski definition) is 1. The molecule has 0 bridgehead atoms. The smallest absolute Gasteiger partial charge is 0.126 e. The molecule has 4 nitrogen and oxygen atoms in total. The zero-order valence-electron chi connectivity index (χ0n) is 7.02. The largest absolute Gasteiger partial charge is 0.412 e. The van der Waals surface area contributed by atoms with Crippen LogP contribution in [0, 0.1) is 0 Å². The Balaban J connectivity index is -0.0000000300. The molecular formula is C6H17NO3. The summed E-state index contributed by atoms with van der Waals surface area (Å²) in [5.74, 6) is 0.333. The second-order valence-electron chi connectivity index (χ2n) is 1.82. The second kappa shape index (κ2) is 15.7. The lowest BCUT2D eigenvalue weighted by molar-refractivity contribution is -0.115. The Morgan fingerprint density at radius 3 is 0.800 bits per heavy atom. The third kappa shape index (κ3) is 520. The summed E-state index contributed by atoms with van der Waals surface area (Å²) in [6.07, 6.45) is 0. The van der Waals surface area contributed by atoms with Gasteiger partial charge in [0, 0.05) is 0 Å². The second-order valence-corrected chi connectivity index (χ2v) is 1.82. The minimum absolute atomic E-state index is 0. The lowest BCUT2D eigenvalue weighted by atomic mass is 10.6. The van der Waals surface area contributed by atoms with Crippen LogP contribution in [0.2, 0.25) is 0 Å². The topological polar surface area (TPSA) is 101 Å². The molecule has 0 amide bonds. The van der Waals surface area contributed by atoms with Gasteiger partial charge in [-0.3, -0.25) is 0 Å². The number of hydrogen-bond acceptors (Lipinski definition) is 3. The van der Waals surface area contributed by atoms with Crippen molar-refractivity contribution in [2.45, 2.75) is 27.7 Å². The van der Waals surface area contributed by atoms with E-state index in [1.54, 1.807) is 0 Å². The molecule has 0 spiro atoms. The first-order valence-corrected chi connectivity index (χ1v) is 2.41. The van der Waals surface area contributed by atoms with Gasteiger partial charge in [0.25, 0.3) is 0 Å². The summed E-state index contributed by atoms with van der Waals surface area (Å²) in [7, 11) is 0. The number of rotatable bonds is 0. The van der Waals surface area contributed by atoms with E-state index in [1.165, 1.54) is 27.7 Å². The molecule has 0 aromatic carbocycles. The van der Waals surface area contributed by atoms with E-state index in [2.05, 4.69) is 0 Å². The number of carbonyl (C=O) groups is 2. The Bertz CT molecular complexity index is 71.0. The number of carbonyl (C=O) groups excluding carboxylic acids is 2. The Kier molecular flexibility index (Phi) is 35.9. The van der Waals surface area contributed by atoms with Crippen LogP contribution in [0.1, 0.15) is 27.7 Å². The minimum atomic E-state index is 0. The maximum Gasteiger partial charge on any atom is 0.126 e. The fourth-order valence-electron chi connectivity index (χ4n) is 0. The van der Waals surface area contributed by atoms with Crippen LogP contribution in [0.4, 0.5) is 0 Å². The van der Waals surface area contributed by atoms with E-state index >= 15 is 0 Å². The van der Waals surface area contributed by atoms with Gasteiger partial charge < -0.3 is 21.2 Å². The van der Waals surface area contributed by atoms with Gasteiger partial charge in [0.05, 0.1) is 0 Å². The fourth-order valence-corrected chi connectivity index (χ4v) is 0. The lowest BCUT2D eigenvalue weighted by Crippen LogP contribution is -1.69. The Hall–Kier alpha value is -0.740. The maximum absolute atomic E-state index is 9.44. The molecule has 64 valence electrons. The molecule has 0 saturated carbocycles. The average Bonchev–Trinajstić information content (AvgIpc) is 1.25. The molecule has 0 unspecified atom stereocenters. The van der Waals surface area contributed by atoms with E-state index in [0.717, 1.165) is 0 Å². The van der Waals surface area contributed by atoms with Gasteiger partial charge in [0.2, 0.25) is 0 Å². The highest BCUT2D eigenvalue weighted by Crippen LogP contribution is 1.50. The van der Waals surface area contributed by atoms with Crippen molar-refractivity contribution in [1.29, 1.82) is 0 Å². The maximum atomic E-state index is 9.44. The summed E-state index contributed by atoms with van der Waals surface area (Å²) < 4.78 is 0. The van der Waals surface area contributed by atoms with Crippen LogP contribution >= 0.6 is 0 Å². The van der Waals surface area contributed by atoms with E-state index in [-0.39, 0.29) is 23.2 Å². The van der Waals surface area contributed by atoms with Crippen LogP contribution in [0.15, 0.2) is 0 Å². The van der Waals surface area contributed by atoms with Gasteiger partial charge in [-0.1, -0.05) is 0 Å². The van der Waals surface area contributed by atoms with Gasteiger partial charge in [-0.05, 0) is 27.7 Å². The van der Waals surface area contributed by atoms with Crippen LogP contribution in [0.5, 0.6) is 0 Å². The predicted octanol–water partition coefficient (Wildman–Crippen LogP) is 0.528. The van der Waals surface area contributed by atoms with Crippen LogP contribution in [0.25, 0.3) is 0 Å². The van der Waals surface area contributed by atoms with E-state index < -0.39 is 0 Å². The SMILES string of the molecule is CC(C)=O.CC(C)=O.N.O. The molecule has 4 heteroatoms. The molecule has 10 heavy (non-hydrogen) atoms. The molecule has 0 saturated heterocycles. The van der Waals surface area contributed by atoms with Crippen LogP contribution in [-0.2, 0) is 9.59 Å². The van der Waals surface area contributed by atoms with Crippen molar-refractivity contribution in [3.63, 3.8) is 0 Å². The molecular weight excluding hydrogens is 134 g/mol. The van der Waals surface area contributed by atoms with Crippen LogP contribution in [-0.4, -0.2) is 17.0 Å². The zero-order valence-corrected chi connectivity index (χ0v) is 7.02. The van der Waals surface area contributed by atoms with Crippen molar-refractivity contribution < 1.29 is 15.1 Å². The van der Waals surface area contributed by atoms with E-state index in [9.17, 15) is 9.59 Å². The van der Waals surface area contributed by atoms with E-state index in [1.807, 2.05) is 0 Å². The predicted molar refractivity (Wildman–Crippen MR) is 41.3 cm³/mol. The fraction of sp³-hybridized carbons (Fsp3) is 0.667. The molecule has 0 atom stereocenters. The number of Topliss-reactive ketones (excluding diaryl/α,β-unsaturated/α-hetero) is 2. The monoisotopic (exact) mass is 151 g/mol. The van der Waals surface area contributed by atoms with Gasteiger partial charge >= 0.3 is 0 Å². The molecule has 0 rings (SSSR count). The highest BCUT2D eigenvalue weighted by atomic mass is 16.1. The Labute approximate surface area is 61.5 Å². The van der Waals surface area contributed by atoms with Gasteiger partial charge in [-0.25, -0.2) is 0 Å². The molecule has 0 radical (unpaired) electrons. The quantitative estimate of drug-likeness (QED) is 0.546. The van der Waals surface area contributed by atoms with Crippen molar-refractivity contribution in [1.82, 2.24) is 6.15 Å². The third-order valence-electron chi connectivity index (χ3n) is 0. The molecule has 0 aromatic rings. The zero-order chi connectivity index (χ0) is 7.15. The van der Waals surface area contributed by atoms with Gasteiger partial charge in [0.15, 0.2) is 0 Å². The third-order valence-corrected chi connectivity index (χ3v) is 0. The molecule has 0 aromatic heterocycles. The first-order valence-electron chi connectivity index (χ1n) is 2.41. The Morgan fingerprint density at radius 2 is 0.800 bits per heavy atom. The lowest BCUT2D eigenvalue weighted by Gasteiger charge is -1.56. The summed E-state index contributed by atoms with van der Waals surface area (Å²) in [4.78, 5) is 18.9. The van der Waals surface area contributed by atoms with Crippen molar-refractivity contribution in [2.75, 3.05) is 0 Å². The highest BCUT2D eigenvalue weighted by Gasteiger charge is 1.62. The van der Waals surface area contributed by atoms with Gasteiger partial charge in [-0.2, -0.15) is 0 Å². The minimum Gasteiger partial charge on any atom is -0.412 e. The summed E-state index contributed by atoms with van der Waals surface area (Å²) in [5.41, 5.74) is 0. The van der Waals surface area contributed by atoms with Crippen molar-refractivity contribution >= 4 is 11.6 Å². The van der Waals surface area contributed by atoms with E-state index in [0.29, 0.717) is 0 Å². The summed E-state index contributed by atoms with van der Waals surface area (Å²) >= 11 is 0. The van der Waals surface area contributed by atoms with Gasteiger partial charge in [-0.15, -0.1) is 0 Å². The molecule has 0 aliphatic rings. The summed E-state index contributed by atoms with van der Waals surface area (Å²) in [6, 6.07) is 0. The van der Waals surface area contributed by atoms with E-state index in [4.69, 9.17) is 0 Å². The average molecular weight is 151 g/mol. The molecule has 0 aliphatic carbocycles. The highest BCUT2D eigenvalue weighted by molar-refractivity contribution is 5.72. The summed E-state index contributed by atoms with van der Waals surface area (Å²) in [5, 5.41) is 0. The Morgan fingerprint density at radius 1 is 0.800 bits per heavy atom. The standard InChI is InChI=1S/2C3H6O.H3N.H2O/c2*1-3(2)4;;/h2*1-2H3;1H3;1H2. The molecule has 0 heterocycles. The van der Waals surface area contributed by atoms with Crippen LogP contribution < -0.4 is 6.15 Å². The normalized spacial score (nSPS) is 5.20. The van der Waals surface area contributed by atoms with Gasteiger partial charge in [0.1, 0.15) is 11.6 Å². The van der Waals surface area contributed by atoms with Crippen molar-refractivity contribution in [2.24, 2.45) is 0 Å². The van der Waals surface area contributed by atoms with Crippen LogP contribution in [0.3, 0.4) is 0 Å². The van der Waals surface area contributed by atoms with Crippen molar-refractivity contribution in [3.05, 3.63) is 0 Å².